The predicted octanol–water partition coefficient (Wildman–Crippen LogP) is 2.61. The van der Waals surface area contributed by atoms with Gasteiger partial charge in [0.25, 0.3) is 0 Å². The molecule has 2 aromatic heterocycles. The second kappa shape index (κ2) is 6.24. The van der Waals surface area contributed by atoms with E-state index in [1.54, 1.807) is 36.4 Å². The number of carbonyl (C=O) groups is 1. The molecule has 8 heteroatoms. The SMILES string of the molecule is N#Cc1cc2ccc(=O)oc2cc1-c1cn(-c2ccccc2C(=O)O)nn1. The molecule has 0 radical (unpaired) electrons. The first-order valence-corrected chi connectivity index (χ1v) is 7.80. The highest BCUT2D eigenvalue weighted by molar-refractivity contribution is 5.92. The molecular formula is C19H10N4O4. The highest BCUT2D eigenvalue weighted by Gasteiger charge is 2.16. The molecule has 0 aliphatic heterocycles. The number of hydrogen-bond donors (Lipinski definition) is 1. The second-order valence-electron chi connectivity index (χ2n) is 5.67. The Bertz CT molecular complexity index is 1300. The summed E-state index contributed by atoms with van der Waals surface area (Å²) in [6, 6.07) is 14.5. The third kappa shape index (κ3) is 2.83. The lowest BCUT2D eigenvalue weighted by Crippen LogP contribution is -2.05. The van der Waals surface area contributed by atoms with E-state index in [1.165, 1.54) is 23.0 Å². The first kappa shape index (κ1) is 16.2. The number of benzene rings is 2. The van der Waals surface area contributed by atoms with Gasteiger partial charge in [0, 0.05) is 17.0 Å². The number of hydrogen-bond acceptors (Lipinski definition) is 6. The van der Waals surface area contributed by atoms with Crippen molar-refractivity contribution in [3.8, 4) is 23.0 Å². The zero-order valence-electron chi connectivity index (χ0n) is 13.7. The summed E-state index contributed by atoms with van der Waals surface area (Å²) < 4.78 is 6.49. The molecule has 2 heterocycles. The number of para-hydroxylation sites is 1. The van der Waals surface area contributed by atoms with Gasteiger partial charge in [-0.15, -0.1) is 5.10 Å². The van der Waals surface area contributed by atoms with Crippen molar-refractivity contribution in [1.29, 1.82) is 5.26 Å². The molecule has 0 spiro atoms. The van der Waals surface area contributed by atoms with Gasteiger partial charge in [-0.1, -0.05) is 17.3 Å². The average Bonchev–Trinajstić information content (AvgIpc) is 3.16. The molecule has 0 atom stereocenters. The molecular weight excluding hydrogens is 348 g/mol. The van der Waals surface area contributed by atoms with Crippen LogP contribution in [0.15, 0.2) is 63.9 Å². The van der Waals surface area contributed by atoms with Crippen molar-refractivity contribution in [3.63, 3.8) is 0 Å². The van der Waals surface area contributed by atoms with Crippen LogP contribution < -0.4 is 5.63 Å². The average molecular weight is 358 g/mol. The van der Waals surface area contributed by atoms with Crippen LogP contribution in [-0.4, -0.2) is 26.1 Å². The highest BCUT2D eigenvalue weighted by atomic mass is 16.4. The van der Waals surface area contributed by atoms with Crippen molar-refractivity contribution in [2.45, 2.75) is 0 Å². The minimum atomic E-state index is -1.09. The van der Waals surface area contributed by atoms with Gasteiger partial charge in [-0.05, 0) is 30.3 Å². The number of aromatic nitrogens is 3. The van der Waals surface area contributed by atoms with Crippen molar-refractivity contribution in [2.75, 3.05) is 0 Å². The van der Waals surface area contributed by atoms with Gasteiger partial charge >= 0.3 is 11.6 Å². The first-order valence-electron chi connectivity index (χ1n) is 7.80. The van der Waals surface area contributed by atoms with Gasteiger partial charge in [0.05, 0.1) is 29.1 Å². The zero-order chi connectivity index (χ0) is 19.0. The minimum Gasteiger partial charge on any atom is -0.478 e. The van der Waals surface area contributed by atoms with E-state index in [-0.39, 0.29) is 5.56 Å². The lowest BCUT2D eigenvalue weighted by atomic mass is 10.0. The van der Waals surface area contributed by atoms with Gasteiger partial charge in [0.15, 0.2) is 0 Å². The molecule has 0 unspecified atom stereocenters. The third-order valence-electron chi connectivity index (χ3n) is 4.03. The molecule has 0 aliphatic rings. The Morgan fingerprint density at radius 3 is 2.78 bits per heavy atom. The van der Waals surface area contributed by atoms with E-state index < -0.39 is 11.6 Å². The fraction of sp³-hybridized carbons (Fsp3) is 0. The molecule has 2 aromatic carbocycles. The fourth-order valence-corrected chi connectivity index (χ4v) is 2.78. The van der Waals surface area contributed by atoms with Crippen molar-refractivity contribution in [1.82, 2.24) is 15.0 Å². The summed E-state index contributed by atoms with van der Waals surface area (Å²) in [7, 11) is 0. The Labute approximate surface area is 151 Å². The van der Waals surface area contributed by atoms with E-state index >= 15 is 0 Å². The van der Waals surface area contributed by atoms with Crippen molar-refractivity contribution >= 4 is 16.9 Å². The summed E-state index contributed by atoms with van der Waals surface area (Å²) in [5.74, 6) is -1.09. The van der Waals surface area contributed by atoms with Crippen LogP contribution in [0.3, 0.4) is 0 Å². The summed E-state index contributed by atoms with van der Waals surface area (Å²) in [6.07, 6.45) is 1.52. The molecule has 0 saturated carbocycles. The van der Waals surface area contributed by atoms with E-state index in [0.29, 0.717) is 33.5 Å². The van der Waals surface area contributed by atoms with Gasteiger partial charge < -0.3 is 9.52 Å². The van der Waals surface area contributed by atoms with E-state index in [9.17, 15) is 20.0 Å². The lowest BCUT2D eigenvalue weighted by molar-refractivity contribution is 0.0696. The summed E-state index contributed by atoms with van der Waals surface area (Å²) in [5.41, 5.74) is 1.33. The molecule has 0 saturated heterocycles. The molecule has 0 bridgehead atoms. The summed E-state index contributed by atoms with van der Waals surface area (Å²) >= 11 is 0. The van der Waals surface area contributed by atoms with E-state index in [2.05, 4.69) is 16.4 Å². The van der Waals surface area contributed by atoms with Crippen LogP contribution >= 0.6 is 0 Å². The summed E-state index contributed by atoms with van der Waals surface area (Å²) in [6.45, 7) is 0. The molecule has 0 fully saturated rings. The summed E-state index contributed by atoms with van der Waals surface area (Å²) in [5, 5.41) is 27.4. The zero-order valence-corrected chi connectivity index (χ0v) is 13.7. The Kier molecular flexibility index (Phi) is 3.75. The number of aromatic carboxylic acids is 1. The van der Waals surface area contributed by atoms with Crippen molar-refractivity contribution in [3.05, 3.63) is 76.3 Å². The van der Waals surface area contributed by atoms with Gasteiger partial charge in [-0.25, -0.2) is 14.3 Å². The van der Waals surface area contributed by atoms with Gasteiger partial charge in [-0.3, -0.25) is 0 Å². The number of nitriles is 1. The van der Waals surface area contributed by atoms with Gasteiger partial charge in [0.2, 0.25) is 0 Å². The van der Waals surface area contributed by atoms with Crippen LogP contribution in [0.1, 0.15) is 15.9 Å². The number of carboxylic acids is 1. The highest BCUT2D eigenvalue weighted by Crippen LogP contribution is 2.27. The van der Waals surface area contributed by atoms with Crippen LogP contribution in [0, 0.1) is 11.3 Å². The molecule has 4 aromatic rings. The van der Waals surface area contributed by atoms with E-state index in [0.717, 1.165) is 0 Å². The predicted molar refractivity (Wildman–Crippen MR) is 94.5 cm³/mol. The summed E-state index contributed by atoms with van der Waals surface area (Å²) in [4.78, 5) is 22.9. The quantitative estimate of drug-likeness (QED) is 0.558. The molecule has 27 heavy (non-hydrogen) atoms. The minimum absolute atomic E-state index is 0.0685. The van der Waals surface area contributed by atoms with E-state index in [4.69, 9.17) is 4.42 Å². The Morgan fingerprint density at radius 1 is 1.19 bits per heavy atom. The van der Waals surface area contributed by atoms with Crippen LogP contribution in [-0.2, 0) is 0 Å². The smallest absolute Gasteiger partial charge is 0.337 e. The Balaban J connectivity index is 1.88. The molecule has 1 N–H and O–H groups in total. The van der Waals surface area contributed by atoms with Crippen LogP contribution in [0.4, 0.5) is 0 Å². The molecule has 0 amide bonds. The van der Waals surface area contributed by atoms with Crippen molar-refractivity contribution < 1.29 is 14.3 Å². The van der Waals surface area contributed by atoms with Crippen molar-refractivity contribution in [2.24, 2.45) is 0 Å². The van der Waals surface area contributed by atoms with Crippen LogP contribution in [0.5, 0.6) is 0 Å². The van der Waals surface area contributed by atoms with Gasteiger partial charge in [0.1, 0.15) is 11.3 Å². The van der Waals surface area contributed by atoms with Crippen LogP contribution in [0.25, 0.3) is 27.9 Å². The standard InChI is InChI=1S/C19H10N4O4/c20-9-12-7-11-5-6-18(24)27-17(11)8-14(12)15-10-23(22-21-15)16-4-2-1-3-13(16)19(25)26/h1-8,10H,(H,25,26). The molecule has 8 nitrogen and oxygen atoms in total. The largest absolute Gasteiger partial charge is 0.478 e. The lowest BCUT2D eigenvalue weighted by Gasteiger charge is -2.04. The number of nitrogens with zero attached hydrogens (tertiary/aromatic N) is 4. The maximum Gasteiger partial charge on any atom is 0.337 e. The maximum atomic E-state index is 11.5. The number of carboxylic acid groups (broad SMARTS) is 1. The Morgan fingerprint density at radius 2 is 2.00 bits per heavy atom. The first-order chi connectivity index (χ1) is 13.1. The maximum absolute atomic E-state index is 11.5. The number of rotatable bonds is 3. The number of fused-ring (bicyclic) bond motifs is 1. The molecule has 130 valence electrons. The third-order valence-corrected chi connectivity index (χ3v) is 4.03. The molecule has 0 aliphatic carbocycles. The Hall–Kier alpha value is -4.25. The molecule has 4 rings (SSSR count). The normalized spacial score (nSPS) is 10.6. The topological polar surface area (TPSA) is 122 Å². The second-order valence-corrected chi connectivity index (χ2v) is 5.67. The van der Waals surface area contributed by atoms with Crippen LogP contribution in [0.2, 0.25) is 0 Å². The fourth-order valence-electron chi connectivity index (χ4n) is 2.78. The monoisotopic (exact) mass is 358 g/mol. The van der Waals surface area contributed by atoms with E-state index in [1.807, 2.05) is 0 Å². The van der Waals surface area contributed by atoms with Gasteiger partial charge in [-0.2, -0.15) is 5.26 Å².